The number of nitrogens with zero attached hydrogens (tertiary/aromatic N) is 1. The van der Waals surface area contributed by atoms with Gasteiger partial charge in [-0.25, -0.2) is 0 Å². The van der Waals surface area contributed by atoms with Gasteiger partial charge in [0.2, 0.25) is 0 Å². The SMILES string of the molecule is O/N=C(/Cl)C1CC2(CC2)C1. The Morgan fingerprint density at radius 2 is 2.10 bits per heavy atom. The third-order valence-corrected chi connectivity index (χ3v) is 3.13. The fourth-order valence-electron chi connectivity index (χ4n) is 1.82. The van der Waals surface area contributed by atoms with Gasteiger partial charge in [0.1, 0.15) is 5.17 Å². The van der Waals surface area contributed by atoms with Crippen molar-refractivity contribution in [3.05, 3.63) is 0 Å². The molecule has 2 fully saturated rings. The first-order valence-electron chi connectivity index (χ1n) is 3.63. The molecule has 2 saturated carbocycles. The highest BCUT2D eigenvalue weighted by Gasteiger charge is 2.54. The molecule has 0 aromatic carbocycles. The van der Waals surface area contributed by atoms with E-state index in [0.29, 0.717) is 16.5 Å². The van der Waals surface area contributed by atoms with E-state index in [0.717, 1.165) is 12.8 Å². The molecule has 2 rings (SSSR count). The fourth-order valence-corrected chi connectivity index (χ4v) is 1.98. The maximum atomic E-state index is 8.32. The van der Waals surface area contributed by atoms with E-state index >= 15 is 0 Å². The molecular weight excluding hydrogens is 150 g/mol. The fraction of sp³-hybridized carbons (Fsp3) is 0.857. The van der Waals surface area contributed by atoms with Crippen LogP contribution in [0.25, 0.3) is 0 Å². The molecule has 2 aliphatic rings. The molecule has 0 heterocycles. The van der Waals surface area contributed by atoms with Crippen LogP contribution < -0.4 is 0 Å². The lowest BCUT2D eigenvalue weighted by atomic mass is 9.72. The Morgan fingerprint density at radius 3 is 2.50 bits per heavy atom. The van der Waals surface area contributed by atoms with E-state index in [1.807, 2.05) is 0 Å². The summed E-state index contributed by atoms with van der Waals surface area (Å²) in [6.07, 6.45) is 5.02. The second-order valence-electron chi connectivity index (χ2n) is 3.53. The normalized spacial score (nSPS) is 30.3. The van der Waals surface area contributed by atoms with Crippen LogP contribution in [0.3, 0.4) is 0 Å². The lowest BCUT2D eigenvalue weighted by molar-refractivity contribution is 0.224. The van der Waals surface area contributed by atoms with E-state index < -0.39 is 0 Å². The van der Waals surface area contributed by atoms with Gasteiger partial charge in [0.05, 0.1) is 0 Å². The van der Waals surface area contributed by atoms with E-state index in [9.17, 15) is 0 Å². The molecule has 0 radical (unpaired) electrons. The lowest BCUT2D eigenvalue weighted by Crippen LogP contribution is -2.29. The van der Waals surface area contributed by atoms with Gasteiger partial charge in [0.25, 0.3) is 0 Å². The van der Waals surface area contributed by atoms with Crippen molar-refractivity contribution in [1.29, 1.82) is 0 Å². The molecule has 10 heavy (non-hydrogen) atoms. The lowest BCUT2D eigenvalue weighted by Gasteiger charge is -2.33. The van der Waals surface area contributed by atoms with Crippen LogP contribution in [0.1, 0.15) is 25.7 Å². The van der Waals surface area contributed by atoms with Gasteiger partial charge in [-0.3, -0.25) is 0 Å². The van der Waals surface area contributed by atoms with Crippen molar-refractivity contribution in [3.8, 4) is 0 Å². The number of halogens is 1. The molecule has 2 nitrogen and oxygen atoms in total. The van der Waals surface area contributed by atoms with Gasteiger partial charge in [-0.05, 0) is 31.1 Å². The summed E-state index contributed by atoms with van der Waals surface area (Å²) in [6, 6.07) is 0. The van der Waals surface area contributed by atoms with Gasteiger partial charge < -0.3 is 5.21 Å². The Kier molecular flexibility index (Phi) is 1.21. The van der Waals surface area contributed by atoms with Crippen LogP contribution in [-0.2, 0) is 0 Å². The highest BCUT2D eigenvalue weighted by atomic mass is 35.5. The van der Waals surface area contributed by atoms with Crippen molar-refractivity contribution in [2.75, 3.05) is 0 Å². The van der Waals surface area contributed by atoms with Gasteiger partial charge >= 0.3 is 0 Å². The summed E-state index contributed by atoms with van der Waals surface area (Å²) in [7, 11) is 0. The maximum absolute atomic E-state index is 8.32. The minimum Gasteiger partial charge on any atom is -0.410 e. The van der Waals surface area contributed by atoms with Crippen LogP contribution in [0.5, 0.6) is 0 Å². The predicted molar refractivity (Wildman–Crippen MR) is 39.5 cm³/mol. The Hall–Kier alpha value is -0.240. The Bertz CT molecular complexity index is 178. The largest absolute Gasteiger partial charge is 0.410 e. The number of oxime groups is 1. The van der Waals surface area contributed by atoms with E-state index in [4.69, 9.17) is 16.8 Å². The molecule has 0 aromatic heterocycles. The number of hydrogen-bond acceptors (Lipinski definition) is 2. The van der Waals surface area contributed by atoms with E-state index in [1.165, 1.54) is 12.8 Å². The first-order valence-corrected chi connectivity index (χ1v) is 4.01. The third kappa shape index (κ3) is 0.823. The standard InChI is InChI=1S/C7H10ClNO/c8-6(9-10)5-3-7(4-5)1-2-7/h5,10H,1-4H2/b9-6+. The molecule has 0 unspecified atom stereocenters. The number of rotatable bonds is 1. The first kappa shape index (κ1) is 6.47. The maximum Gasteiger partial charge on any atom is 0.148 e. The van der Waals surface area contributed by atoms with Crippen molar-refractivity contribution in [1.82, 2.24) is 0 Å². The summed E-state index contributed by atoms with van der Waals surface area (Å²) >= 11 is 5.62. The van der Waals surface area contributed by atoms with Crippen molar-refractivity contribution in [2.24, 2.45) is 16.5 Å². The van der Waals surface area contributed by atoms with Crippen molar-refractivity contribution in [3.63, 3.8) is 0 Å². The summed E-state index contributed by atoms with van der Waals surface area (Å²) in [6.45, 7) is 0. The summed E-state index contributed by atoms with van der Waals surface area (Å²) in [5, 5.41) is 11.7. The Labute approximate surface area is 64.9 Å². The van der Waals surface area contributed by atoms with Crippen molar-refractivity contribution >= 4 is 16.8 Å². The second kappa shape index (κ2) is 1.88. The monoisotopic (exact) mass is 159 g/mol. The minimum absolute atomic E-state index is 0.370. The molecule has 0 saturated heterocycles. The Balaban J connectivity index is 1.90. The van der Waals surface area contributed by atoms with Crippen LogP contribution >= 0.6 is 11.6 Å². The molecular formula is C7H10ClNO. The first-order chi connectivity index (χ1) is 4.76. The van der Waals surface area contributed by atoms with Crippen LogP contribution in [0.15, 0.2) is 5.16 Å². The predicted octanol–water partition coefficient (Wildman–Crippen LogP) is 2.20. The summed E-state index contributed by atoms with van der Waals surface area (Å²) in [5.74, 6) is 0.370. The van der Waals surface area contributed by atoms with E-state index in [1.54, 1.807) is 0 Å². The molecule has 0 aliphatic heterocycles. The van der Waals surface area contributed by atoms with Gasteiger partial charge in [0.15, 0.2) is 0 Å². The smallest absolute Gasteiger partial charge is 0.148 e. The molecule has 0 amide bonds. The van der Waals surface area contributed by atoms with Gasteiger partial charge in [-0.15, -0.1) is 0 Å². The zero-order valence-corrected chi connectivity index (χ0v) is 6.43. The van der Waals surface area contributed by atoms with Gasteiger partial charge in [0, 0.05) is 5.92 Å². The van der Waals surface area contributed by atoms with Gasteiger partial charge in [-0.1, -0.05) is 16.8 Å². The highest BCUT2D eigenvalue weighted by Crippen LogP contribution is 2.63. The molecule has 0 bridgehead atoms. The van der Waals surface area contributed by atoms with E-state index in [-0.39, 0.29) is 0 Å². The van der Waals surface area contributed by atoms with Gasteiger partial charge in [-0.2, -0.15) is 0 Å². The average molecular weight is 160 g/mol. The molecule has 0 aromatic rings. The zero-order chi connectivity index (χ0) is 7.19. The minimum atomic E-state index is 0.370. The van der Waals surface area contributed by atoms with Crippen molar-refractivity contribution < 1.29 is 5.21 Å². The van der Waals surface area contributed by atoms with Crippen molar-refractivity contribution in [2.45, 2.75) is 25.7 Å². The second-order valence-corrected chi connectivity index (χ2v) is 3.92. The van der Waals surface area contributed by atoms with E-state index in [2.05, 4.69) is 5.16 Å². The summed E-state index contributed by atoms with van der Waals surface area (Å²) in [5.41, 5.74) is 0.648. The molecule has 1 N–H and O–H groups in total. The highest BCUT2D eigenvalue weighted by molar-refractivity contribution is 6.65. The molecule has 56 valence electrons. The number of hydrogen-bond donors (Lipinski definition) is 1. The molecule has 0 atom stereocenters. The topological polar surface area (TPSA) is 32.6 Å². The molecule has 2 aliphatic carbocycles. The van der Waals surface area contributed by atoms with Crippen LogP contribution in [0.4, 0.5) is 0 Å². The quantitative estimate of drug-likeness (QED) is 0.355. The third-order valence-electron chi connectivity index (χ3n) is 2.75. The Morgan fingerprint density at radius 1 is 1.50 bits per heavy atom. The molecule has 1 spiro atoms. The summed E-state index contributed by atoms with van der Waals surface area (Å²) in [4.78, 5) is 0. The average Bonchev–Trinajstić information content (AvgIpc) is 2.61. The zero-order valence-electron chi connectivity index (χ0n) is 5.68. The van der Waals surface area contributed by atoms with Crippen LogP contribution in [-0.4, -0.2) is 10.4 Å². The van der Waals surface area contributed by atoms with Crippen LogP contribution in [0, 0.1) is 11.3 Å². The summed E-state index contributed by atoms with van der Waals surface area (Å²) < 4.78 is 0. The molecule has 3 heteroatoms. The van der Waals surface area contributed by atoms with Crippen LogP contribution in [0.2, 0.25) is 0 Å².